The predicted octanol–water partition coefficient (Wildman–Crippen LogP) is 12.7. The van der Waals surface area contributed by atoms with Crippen molar-refractivity contribution in [2.75, 3.05) is 0 Å². The maximum Gasteiger partial charge on any atom is 0.223 e. The van der Waals surface area contributed by atoms with E-state index < -0.39 is 0 Å². The van der Waals surface area contributed by atoms with Gasteiger partial charge in [-0.1, -0.05) is 115 Å². The molecule has 5 heteroatoms. The number of rotatable bonds is 3. The van der Waals surface area contributed by atoms with Crippen molar-refractivity contribution < 1.29 is 0 Å². The Bertz CT molecular complexity index is 3210. The first-order valence-corrected chi connectivity index (χ1v) is 17.5. The lowest BCUT2D eigenvalue weighted by atomic mass is 9.94. The van der Waals surface area contributed by atoms with Gasteiger partial charge >= 0.3 is 0 Å². The molecule has 0 aliphatic heterocycles. The van der Waals surface area contributed by atoms with Gasteiger partial charge in [0.1, 0.15) is 0 Å². The molecule has 0 saturated heterocycles. The van der Waals surface area contributed by atoms with E-state index in [0.717, 1.165) is 49.9 Å². The molecule has 0 amide bonds. The molecule has 0 aliphatic carbocycles. The van der Waals surface area contributed by atoms with Gasteiger partial charge in [0.15, 0.2) is 0 Å². The second-order valence-electron chi connectivity index (χ2n) is 13.2. The largest absolute Gasteiger partial charge is 0.354 e. The van der Waals surface area contributed by atoms with E-state index >= 15 is 0 Å². The molecule has 0 unspecified atom stereocenters. The molecule has 11 rings (SSSR count). The molecule has 1 N–H and O–H groups in total. The van der Waals surface area contributed by atoms with Gasteiger partial charge in [0.25, 0.3) is 0 Å². The molecule has 3 aromatic heterocycles. The molecular weight excluding hydrogens is 644 g/mol. The zero-order valence-corrected chi connectivity index (χ0v) is 28.0. The highest BCUT2D eigenvalue weighted by molar-refractivity contribution is 6.29. The third-order valence-electron chi connectivity index (χ3n) is 10.5. The maximum atomic E-state index is 6.43. The van der Waals surface area contributed by atoms with Crippen LogP contribution in [-0.2, 0) is 0 Å². The number of hydrogen-bond acceptors (Lipinski definition) is 2. The van der Waals surface area contributed by atoms with Gasteiger partial charge in [0.05, 0.1) is 22.2 Å². The zero-order chi connectivity index (χ0) is 33.6. The summed E-state index contributed by atoms with van der Waals surface area (Å²) in [6.07, 6.45) is 0. The summed E-state index contributed by atoms with van der Waals surface area (Å²) in [5.41, 5.74) is 10.7. The monoisotopic (exact) mass is 670 g/mol. The SMILES string of the molecule is Clc1nc(-c2ccc3c4ccccc4n(-c4ccc(-c5cccc6c5ccc5[nH]c7ccc8ccccc8c7c56)cc4)c3c2)c2ccccc2n1. The Balaban J connectivity index is 1.09. The molecule has 51 heavy (non-hydrogen) atoms. The Hall–Kier alpha value is -6.49. The van der Waals surface area contributed by atoms with Crippen LogP contribution < -0.4 is 0 Å². The summed E-state index contributed by atoms with van der Waals surface area (Å²) in [5.74, 6) is 0. The number of nitrogens with one attached hydrogen (secondary N) is 1. The number of aromatic amines is 1. The fourth-order valence-electron chi connectivity index (χ4n) is 8.23. The number of halogens is 1. The quantitative estimate of drug-likeness (QED) is 0.190. The predicted molar refractivity (Wildman–Crippen MR) is 214 cm³/mol. The summed E-state index contributed by atoms with van der Waals surface area (Å²) in [6.45, 7) is 0. The Morgan fingerprint density at radius 2 is 1.14 bits per heavy atom. The van der Waals surface area contributed by atoms with E-state index in [9.17, 15) is 0 Å². The number of aromatic nitrogens is 4. The smallest absolute Gasteiger partial charge is 0.223 e. The highest BCUT2D eigenvalue weighted by Gasteiger charge is 2.17. The minimum atomic E-state index is 0.243. The molecule has 8 aromatic carbocycles. The Morgan fingerprint density at radius 1 is 0.471 bits per heavy atom. The van der Waals surface area contributed by atoms with Crippen LogP contribution in [0.25, 0.3) is 104 Å². The Morgan fingerprint density at radius 3 is 2.02 bits per heavy atom. The zero-order valence-electron chi connectivity index (χ0n) is 27.2. The van der Waals surface area contributed by atoms with E-state index in [1.165, 1.54) is 54.2 Å². The lowest BCUT2D eigenvalue weighted by molar-refractivity contribution is 1.18. The van der Waals surface area contributed by atoms with Crippen LogP contribution in [0.15, 0.2) is 158 Å². The molecule has 238 valence electrons. The van der Waals surface area contributed by atoms with Crippen LogP contribution >= 0.6 is 11.6 Å². The number of H-pyrrole nitrogens is 1. The van der Waals surface area contributed by atoms with Crippen molar-refractivity contribution in [2.45, 2.75) is 0 Å². The Kier molecular flexibility index (Phi) is 5.98. The van der Waals surface area contributed by atoms with Crippen molar-refractivity contribution in [3.8, 4) is 28.1 Å². The number of hydrogen-bond donors (Lipinski definition) is 1. The molecule has 11 aromatic rings. The van der Waals surface area contributed by atoms with Crippen LogP contribution in [0.4, 0.5) is 0 Å². The van der Waals surface area contributed by atoms with Gasteiger partial charge in [-0.25, -0.2) is 9.97 Å². The van der Waals surface area contributed by atoms with Gasteiger partial charge < -0.3 is 9.55 Å². The van der Waals surface area contributed by atoms with Gasteiger partial charge in [-0.2, -0.15) is 0 Å². The topological polar surface area (TPSA) is 46.5 Å². The lowest BCUT2D eigenvalue weighted by Gasteiger charge is -2.12. The van der Waals surface area contributed by atoms with Crippen LogP contribution in [-0.4, -0.2) is 19.5 Å². The van der Waals surface area contributed by atoms with Crippen molar-refractivity contribution >= 4 is 87.7 Å². The highest BCUT2D eigenvalue weighted by atomic mass is 35.5. The van der Waals surface area contributed by atoms with Crippen molar-refractivity contribution in [1.82, 2.24) is 19.5 Å². The number of fused-ring (bicyclic) bond motifs is 11. The van der Waals surface area contributed by atoms with Gasteiger partial charge in [0.2, 0.25) is 5.28 Å². The molecule has 0 aliphatic rings. The van der Waals surface area contributed by atoms with Crippen molar-refractivity contribution in [3.05, 3.63) is 163 Å². The summed E-state index contributed by atoms with van der Waals surface area (Å²) >= 11 is 6.43. The molecule has 3 heterocycles. The minimum absolute atomic E-state index is 0.243. The summed E-state index contributed by atoms with van der Waals surface area (Å²) in [4.78, 5) is 12.8. The fraction of sp³-hybridized carbons (Fsp3) is 0. The highest BCUT2D eigenvalue weighted by Crippen LogP contribution is 2.41. The Labute approximate surface area is 297 Å². The van der Waals surface area contributed by atoms with Crippen molar-refractivity contribution in [2.24, 2.45) is 0 Å². The molecule has 4 nitrogen and oxygen atoms in total. The molecule has 0 fully saturated rings. The van der Waals surface area contributed by atoms with Gasteiger partial charge in [-0.05, 0) is 86.7 Å². The van der Waals surface area contributed by atoms with E-state index in [1.807, 2.05) is 18.2 Å². The van der Waals surface area contributed by atoms with Crippen LogP contribution in [0.5, 0.6) is 0 Å². The first-order chi connectivity index (χ1) is 25.2. The summed E-state index contributed by atoms with van der Waals surface area (Å²) in [5, 5.41) is 11.2. The van der Waals surface area contributed by atoms with E-state index in [4.69, 9.17) is 16.6 Å². The second-order valence-corrected chi connectivity index (χ2v) is 13.6. The number of nitrogens with zero attached hydrogens (tertiary/aromatic N) is 3. The van der Waals surface area contributed by atoms with E-state index in [-0.39, 0.29) is 5.28 Å². The fourth-order valence-corrected chi connectivity index (χ4v) is 8.40. The second kappa shape index (κ2) is 10.8. The van der Waals surface area contributed by atoms with Crippen molar-refractivity contribution in [1.29, 1.82) is 0 Å². The molecule has 0 saturated carbocycles. The summed E-state index contributed by atoms with van der Waals surface area (Å²) in [7, 11) is 0. The van der Waals surface area contributed by atoms with Gasteiger partial charge in [0, 0.05) is 49.2 Å². The molecule has 0 bridgehead atoms. The lowest BCUT2D eigenvalue weighted by Crippen LogP contribution is -1.95. The van der Waals surface area contributed by atoms with Crippen LogP contribution in [0.2, 0.25) is 5.28 Å². The molecular formula is C46H27ClN4. The van der Waals surface area contributed by atoms with E-state index in [2.05, 4.69) is 154 Å². The summed E-state index contributed by atoms with van der Waals surface area (Å²) in [6, 6.07) is 56.4. The average Bonchev–Trinajstić information content (AvgIpc) is 3.73. The minimum Gasteiger partial charge on any atom is -0.354 e. The van der Waals surface area contributed by atoms with Crippen LogP contribution in [0.1, 0.15) is 0 Å². The number of para-hydroxylation sites is 2. The molecule has 0 atom stereocenters. The molecule has 0 spiro atoms. The van der Waals surface area contributed by atoms with E-state index in [1.54, 1.807) is 0 Å². The third-order valence-corrected chi connectivity index (χ3v) is 10.6. The summed E-state index contributed by atoms with van der Waals surface area (Å²) < 4.78 is 2.35. The van der Waals surface area contributed by atoms with Crippen LogP contribution in [0.3, 0.4) is 0 Å². The van der Waals surface area contributed by atoms with Crippen molar-refractivity contribution in [3.63, 3.8) is 0 Å². The van der Waals surface area contributed by atoms with Gasteiger partial charge in [-0.3, -0.25) is 0 Å². The normalized spacial score (nSPS) is 12.0. The first kappa shape index (κ1) is 28.4. The van der Waals surface area contributed by atoms with E-state index in [0.29, 0.717) is 0 Å². The average molecular weight is 671 g/mol. The third kappa shape index (κ3) is 4.21. The van der Waals surface area contributed by atoms with Gasteiger partial charge in [-0.15, -0.1) is 0 Å². The maximum absolute atomic E-state index is 6.43. The standard InChI is InChI=1S/C46H27ClN4/c47-46-49-38-14-5-3-11-37(38)45(50-46)29-18-22-35-34-10-4-6-15-41(34)51(42(35)26-29)30-20-16-28(17-21-30)31-12-7-13-36-33(31)23-25-40-44(36)43-32-9-2-1-8-27(32)19-24-39(43)48-40/h1-26,48H. The van der Waals surface area contributed by atoms with Crippen LogP contribution in [0, 0.1) is 0 Å². The number of benzene rings is 8. The first-order valence-electron chi connectivity index (χ1n) is 17.1. The molecule has 0 radical (unpaired) electrons.